The number of ether oxygens (including phenoxy) is 1. The molecule has 1 amide bonds. The zero-order valence-electron chi connectivity index (χ0n) is 7.79. The second kappa shape index (κ2) is 6.27. The molecule has 1 atom stereocenters. The van der Waals surface area contributed by atoms with Crippen LogP contribution in [-0.4, -0.2) is 31.4 Å². The highest BCUT2D eigenvalue weighted by Gasteiger charge is 2.14. The fourth-order valence-corrected chi connectivity index (χ4v) is 1.62. The maximum absolute atomic E-state index is 11.0. The van der Waals surface area contributed by atoms with Crippen molar-refractivity contribution >= 4 is 18.5 Å². The van der Waals surface area contributed by atoms with Crippen LogP contribution in [0.25, 0.3) is 0 Å². The summed E-state index contributed by atoms with van der Waals surface area (Å²) in [6, 6.07) is 0. The normalized spacial score (nSPS) is 21.8. The Morgan fingerprint density at radius 2 is 2.46 bits per heavy atom. The molecular weight excluding hydrogens is 186 g/mol. The van der Waals surface area contributed by atoms with Gasteiger partial charge in [-0.15, -0.1) is 0 Å². The smallest absolute Gasteiger partial charge is 0.220 e. The summed E-state index contributed by atoms with van der Waals surface area (Å²) in [5, 5.41) is 2.87. The van der Waals surface area contributed by atoms with Crippen molar-refractivity contribution in [3.8, 4) is 0 Å². The van der Waals surface area contributed by atoms with E-state index < -0.39 is 0 Å². The van der Waals surface area contributed by atoms with Crippen molar-refractivity contribution in [1.29, 1.82) is 0 Å². The van der Waals surface area contributed by atoms with E-state index in [0.717, 1.165) is 32.6 Å². The molecule has 1 aliphatic heterocycles. The highest BCUT2D eigenvalue weighted by atomic mass is 32.1. The van der Waals surface area contributed by atoms with Gasteiger partial charge < -0.3 is 10.1 Å². The molecule has 1 unspecified atom stereocenters. The molecule has 0 radical (unpaired) electrons. The van der Waals surface area contributed by atoms with Gasteiger partial charge in [0.05, 0.1) is 0 Å². The number of hydrogen-bond acceptors (Lipinski definition) is 3. The molecule has 0 aromatic rings. The van der Waals surface area contributed by atoms with E-state index in [4.69, 9.17) is 4.74 Å². The summed E-state index contributed by atoms with van der Waals surface area (Å²) >= 11 is 3.99. The Bertz CT molecular complexity index is 158. The molecule has 0 aliphatic carbocycles. The van der Waals surface area contributed by atoms with Gasteiger partial charge in [-0.25, -0.2) is 0 Å². The van der Waals surface area contributed by atoms with Crippen LogP contribution in [0.1, 0.15) is 19.3 Å². The minimum absolute atomic E-state index is 0.105. The lowest BCUT2D eigenvalue weighted by molar-refractivity contribution is -0.120. The Labute approximate surface area is 84.6 Å². The summed E-state index contributed by atoms with van der Waals surface area (Å²) in [7, 11) is 0. The van der Waals surface area contributed by atoms with E-state index in [2.05, 4.69) is 17.9 Å². The molecule has 1 fully saturated rings. The molecule has 13 heavy (non-hydrogen) atoms. The standard InChI is InChI=1S/C9H17NO2S/c11-9(3-6-13)10-4-1-8-2-5-12-7-8/h8,13H,1-7H2,(H,10,11). The van der Waals surface area contributed by atoms with E-state index in [9.17, 15) is 4.79 Å². The van der Waals surface area contributed by atoms with Crippen LogP contribution in [0.4, 0.5) is 0 Å². The van der Waals surface area contributed by atoms with Crippen molar-refractivity contribution in [2.24, 2.45) is 5.92 Å². The van der Waals surface area contributed by atoms with Gasteiger partial charge in [0, 0.05) is 26.2 Å². The first-order valence-corrected chi connectivity index (χ1v) is 5.41. The summed E-state index contributed by atoms with van der Waals surface area (Å²) in [5.74, 6) is 1.38. The van der Waals surface area contributed by atoms with Gasteiger partial charge in [-0.05, 0) is 24.5 Å². The lowest BCUT2D eigenvalue weighted by Gasteiger charge is -2.07. The molecular formula is C9H17NO2S. The third-order valence-corrected chi connectivity index (χ3v) is 2.46. The van der Waals surface area contributed by atoms with Crippen LogP contribution in [0.5, 0.6) is 0 Å². The van der Waals surface area contributed by atoms with Gasteiger partial charge in [-0.1, -0.05) is 0 Å². The molecule has 76 valence electrons. The number of rotatable bonds is 5. The molecule has 1 saturated heterocycles. The van der Waals surface area contributed by atoms with Crippen LogP contribution < -0.4 is 5.32 Å². The van der Waals surface area contributed by atoms with Gasteiger partial charge in [0.25, 0.3) is 0 Å². The first kappa shape index (κ1) is 10.9. The van der Waals surface area contributed by atoms with Gasteiger partial charge >= 0.3 is 0 Å². The van der Waals surface area contributed by atoms with E-state index in [1.165, 1.54) is 0 Å². The largest absolute Gasteiger partial charge is 0.381 e. The maximum Gasteiger partial charge on any atom is 0.220 e. The van der Waals surface area contributed by atoms with Gasteiger partial charge in [-0.3, -0.25) is 4.79 Å². The van der Waals surface area contributed by atoms with Crippen LogP contribution in [0, 0.1) is 5.92 Å². The molecule has 1 aliphatic rings. The average molecular weight is 203 g/mol. The molecule has 0 bridgehead atoms. The summed E-state index contributed by atoms with van der Waals surface area (Å²) in [6.45, 7) is 2.53. The Hall–Kier alpha value is -0.220. The van der Waals surface area contributed by atoms with Gasteiger partial charge in [-0.2, -0.15) is 12.6 Å². The van der Waals surface area contributed by atoms with Crippen molar-refractivity contribution in [2.75, 3.05) is 25.5 Å². The fourth-order valence-electron chi connectivity index (χ4n) is 1.42. The number of hydrogen-bond donors (Lipinski definition) is 2. The van der Waals surface area contributed by atoms with E-state index in [0.29, 0.717) is 18.1 Å². The van der Waals surface area contributed by atoms with Crippen molar-refractivity contribution in [3.05, 3.63) is 0 Å². The molecule has 1 rings (SSSR count). The lowest BCUT2D eigenvalue weighted by atomic mass is 10.1. The predicted octanol–water partition coefficient (Wildman–Crippen LogP) is 0.849. The van der Waals surface area contributed by atoms with E-state index in [1.807, 2.05) is 0 Å². The van der Waals surface area contributed by atoms with E-state index in [1.54, 1.807) is 0 Å². The molecule has 3 nitrogen and oxygen atoms in total. The van der Waals surface area contributed by atoms with E-state index in [-0.39, 0.29) is 5.91 Å². The number of amides is 1. The Balaban J connectivity index is 1.96. The molecule has 0 saturated carbocycles. The van der Waals surface area contributed by atoms with Crippen LogP contribution in [0.15, 0.2) is 0 Å². The number of thiol groups is 1. The Kier molecular flexibility index (Phi) is 5.23. The van der Waals surface area contributed by atoms with Crippen molar-refractivity contribution in [2.45, 2.75) is 19.3 Å². The zero-order chi connectivity index (χ0) is 9.52. The summed E-state index contributed by atoms with van der Waals surface area (Å²) < 4.78 is 5.24. The average Bonchev–Trinajstić information content (AvgIpc) is 2.57. The topological polar surface area (TPSA) is 38.3 Å². The van der Waals surface area contributed by atoms with Crippen LogP contribution >= 0.6 is 12.6 Å². The Morgan fingerprint density at radius 3 is 3.08 bits per heavy atom. The second-order valence-electron chi connectivity index (χ2n) is 3.34. The zero-order valence-corrected chi connectivity index (χ0v) is 8.69. The maximum atomic E-state index is 11.0. The first-order valence-electron chi connectivity index (χ1n) is 4.78. The Morgan fingerprint density at radius 1 is 1.62 bits per heavy atom. The number of nitrogens with one attached hydrogen (secondary N) is 1. The van der Waals surface area contributed by atoms with E-state index >= 15 is 0 Å². The van der Waals surface area contributed by atoms with Crippen LogP contribution in [0.2, 0.25) is 0 Å². The summed E-state index contributed by atoms with van der Waals surface area (Å²) in [5.41, 5.74) is 0. The van der Waals surface area contributed by atoms with Crippen molar-refractivity contribution < 1.29 is 9.53 Å². The third-order valence-electron chi connectivity index (χ3n) is 2.24. The second-order valence-corrected chi connectivity index (χ2v) is 3.79. The predicted molar refractivity (Wildman–Crippen MR) is 55.0 cm³/mol. The van der Waals surface area contributed by atoms with Crippen molar-refractivity contribution in [1.82, 2.24) is 5.32 Å². The summed E-state index contributed by atoms with van der Waals surface area (Å²) in [6.07, 6.45) is 2.70. The fraction of sp³-hybridized carbons (Fsp3) is 0.889. The van der Waals surface area contributed by atoms with Gasteiger partial charge in [0.1, 0.15) is 0 Å². The highest BCUT2D eigenvalue weighted by molar-refractivity contribution is 7.80. The number of carbonyl (C=O) groups excluding carboxylic acids is 1. The van der Waals surface area contributed by atoms with Crippen LogP contribution in [-0.2, 0) is 9.53 Å². The monoisotopic (exact) mass is 203 g/mol. The summed E-state index contributed by atoms with van der Waals surface area (Å²) in [4.78, 5) is 11.0. The number of carbonyl (C=O) groups is 1. The van der Waals surface area contributed by atoms with Gasteiger partial charge in [0.15, 0.2) is 0 Å². The molecule has 0 aromatic heterocycles. The first-order chi connectivity index (χ1) is 6.33. The lowest BCUT2D eigenvalue weighted by Crippen LogP contribution is -2.26. The molecule has 1 heterocycles. The highest BCUT2D eigenvalue weighted by Crippen LogP contribution is 2.14. The third kappa shape index (κ3) is 4.52. The molecule has 1 N–H and O–H groups in total. The van der Waals surface area contributed by atoms with Crippen LogP contribution in [0.3, 0.4) is 0 Å². The minimum atomic E-state index is 0.105. The molecule has 4 heteroatoms. The molecule has 0 spiro atoms. The SMILES string of the molecule is O=C(CCS)NCCC1CCOC1. The van der Waals surface area contributed by atoms with Crippen molar-refractivity contribution in [3.63, 3.8) is 0 Å². The molecule has 0 aromatic carbocycles. The minimum Gasteiger partial charge on any atom is -0.381 e. The van der Waals surface area contributed by atoms with Gasteiger partial charge in [0.2, 0.25) is 5.91 Å². The quantitative estimate of drug-likeness (QED) is 0.650.